The van der Waals surface area contributed by atoms with Crippen LogP contribution in [-0.4, -0.2) is 33.8 Å². The summed E-state index contributed by atoms with van der Waals surface area (Å²) in [7, 11) is 6.02. The molecule has 1 unspecified atom stereocenters. The van der Waals surface area contributed by atoms with E-state index in [1.165, 1.54) is 0 Å². The summed E-state index contributed by atoms with van der Waals surface area (Å²) < 4.78 is 6.02. The molecule has 3 nitrogen and oxygen atoms in total. The average Bonchev–Trinajstić information content (AvgIpc) is 2.28. The van der Waals surface area contributed by atoms with E-state index in [4.69, 9.17) is 4.74 Å². The van der Waals surface area contributed by atoms with Gasteiger partial charge >= 0.3 is 0 Å². The van der Waals surface area contributed by atoms with Crippen molar-refractivity contribution in [3.05, 3.63) is 24.3 Å². The average molecular weight is 236 g/mol. The Kier molecular flexibility index (Phi) is 5.29. The van der Waals surface area contributed by atoms with Gasteiger partial charge in [-0.25, -0.2) is 0 Å². The lowest BCUT2D eigenvalue weighted by atomic mass is 10.1. The van der Waals surface area contributed by atoms with Gasteiger partial charge in [0.15, 0.2) is 0 Å². The predicted octanol–water partition coefficient (Wildman–Crippen LogP) is 2.38. The summed E-state index contributed by atoms with van der Waals surface area (Å²) in [5, 5.41) is 3.17. The van der Waals surface area contributed by atoms with Crippen molar-refractivity contribution in [1.82, 2.24) is 5.32 Å². The highest BCUT2D eigenvalue weighted by atomic mass is 16.5. The number of benzene rings is 1. The van der Waals surface area contributed by atoms with Crippen LogP contribution in [0.3, 0.4) is 0 Å². The number of ether oxygens (including phenoxy) is 1. The Morgan fingerprint density at radius 1 is 1.29 bits per heavy atom. The fraction of sp³-hybridized carbons (Fsp3) is 0.571. The lowest BCUT2D eigenvalue weighted by Crippen LogP contribution is -2.33. The second-order valence-corrected chi connectivity index (χ2v) is 4.85. The molecule has 0 aliphatic carbocycles. The fourth-order valence-corrected chi connectivity index (χ4v) is 1.62. The maximum absolute atomic E-state index is 6.02. The van der Waals surface area contributed by atoms with Crippen molar-refractivity contribution in [3.63, 3.8) is 0 Å². The van der Waals surface area contributed by atoms with E-state index in [2.05, 4.69) is 36.2 Å². The molecule has 0 spiro atoms. The summed E-state index contributed by atoms with van der Waals surface area (Å²) in [4.78, 5) is 2.08. The van der Waals surface area contributed by atoms with E-state index in [-0.39, 0.29) is 6.10 Å². The van der Waals surface area contributed by atoms with E-state index in [0.29, 0.717) is 5.92 Å². The second-order valence-electron chi connectivity index (χ2n) is 4.85. The molecule has 0 aromatic heterocycles. The molecule has 1 atom stereocenters. The first-order valence-electron chi connectivity index (χ1n) is 6.13. The monoisotopic (exact) mass is 236 g/mol. The molecule has 1 N–H and O–H groups in total. The van der Waals surface area contributed by atoms with E-state index in [1.807, 2.05) is 33.3 Å². The molecule has 0 aliphatic heterocycles. The smallest absolute Gasteiger partial charge is 0.121 e. The number of nitrogens with one attached hydrogen (secondary N) is 1. The fourth-order valence-electron chi connectivity index (χ4n) is 1.62. The first-order valence-corrected chi connectivity index (χ1v) is 6.13. The SMILES string of the molecule is CNCC(Oc1cccc(N(C)C)c1)C(C)C. The van der Waals surface area contributed by atoms with Crippen LogP contribution in [0.4, 0.5) is 5.69 Å². The minimum absolute atomic E-state index is 0.206. The summed E-state index contributed by atoms with van der Waals surface area (Å²) in [6.45, 7) is 5.22. The third-order valence-electron chi connectivity index (χ3n) is 2.77. The molecule has 0 saturated carbocycles. The largest absolute Gasteiger partial charge is 0.489 e. The Bertz CT molecular complexity index is 337. The minimum Gasteiger partial charge on any atom is -0.489 e. The molecule has 1 aromatic carbocycles. The summed E-state index contributed by atoms with van der Waals surface area (Å²) in [6, 6.07) is 8.19. The van der Waals surface area contributed by atoms with Gasteiger partial charge in [0.05, 0.1) is 0 Å². The minimum atomic E-state index is 0.206. The van der Waals surface area contributed by atoms with Crippen molar-refractivity contribution >= 4 is 5.69 Å². The van der Waals surface area contributed by atoms with E-state index >= 15 is 0 Å². The third kappa shape index (κ3) is 4.27. The highest BCUT2D eigenvalue weighted by Gasteiger charge is 2.14. The van der Waals surface area contributed by atoms with Crippen LogP contribution in [0, 0.1) is 5.92 Å². The topological polar surface area (TPSA) is 24.5 Å². The number of rotatable bonds is 6. The highest BCUT2D eigenvalue weighted by molar-refractivity contribution is 5.49. The molecule has 0 aliphatic rings. The Labute approximate surface area is 105 Å². The molecule has 0 bridgehead atoms. The quantitative estimate of drug-likeness (QED) is 0.820. The number of nitrogens with zero attached hydrogens (tertiary/aromatic N) is 1. The molecular weight excluding hydrogens is 212 g/mol. The first kappa shape index (κ1) is 13.8. The molecule has 0 radical (unpaired) electrons. The van der Waals surface area contributed by atoms with E-state index in [0.717, 1.165) is 18.0 Å². The van der Waals surface area contributed by atoms with Crippen LogP contribution in [0.2, 0.25) is 0 Å². The normalized spacial score (nSPS) is 12.6. The van der Waals surface area contributed by atoms with Crippen LogP contribution in [0.1, 0.15) is 13.8 Å². The van der Waals surface area contributed by atoms with Crippen LogP contribution in [0.5, 0.6) is 5.75 Å². The van der Waals surface area contributed by atoms with Crippen molar-refractivity contribution in [1.29, 1.82) is 0 Å². The molecule has 1 aromatic rings. The van der Waals surface area contributed by atoms with Gasteiger partial charge in [0.2, 0.25) is 0 Å². The standard InChI is InChI=1S/C14H24N2O/c1-11(2)14(10-15-3)17-13-8-6-7-12(9-13)16(4)5/h6-9,11,14-15H,10H2,1-5H3. The third-order valence-corrected chi connectivity index (χ3v) is 2.77. The van der Waals surface area contributed by atoms with Gasteiger partial charge in [0.1, 0.15) is 11.9 Å². The molecule has 0 fully saturated rings. The number of hydrogen-bond donors (Lipinski definition) is 1. The van der Waals surface area contributed by atoms with Crippen LogP contribution >= 0.6 is 0 Å². The van der Waals surface area contributed by atoms with Crippen molar-refractivity contribution in [3.8, 4) is 5.75 Å². The van der Waals surface area contributed by atoms with Crippen molar-refractivity contribution in [2.24, 2.45) is 5.92 Å². The van der Waals surface area contributed by atoms with Gasteiger partial charge in [-0.15, -0.1) is 0 Å². The zero-order chi connectivity index (χ0) is 12.8. The Morgan fingerprint density at radius 2 is 2.00 bits per heavy atom. The molecule has 17 heavy (non-hydrogen) atoms. The highest BCUT2D eigenvalue weighted by Crippen LogP contribution is 2.21. The van der Waals surface area contributed by atoms with Crippen molar-refractivity contribution in [2.75, 3.05) is 32.6 Å². The van der Waals surface area contributed by atoms with Crippen LogP contribution < -0.4 is 15.0 Å². The number of likely N-dealkylation sites (N-methyl/N-ethyl adjacent to an activating group) is 1. The number of anilines is 1. The van der Waals surface area contributed by atoms with E-state index < -0.39 is 0 Å². The second kappa shape index (κ2) is 6.50. The summed E-state index contributed by atoms with van der Waals surface area (Å²) in [6.07, 6.45) is 0.206. The van der Waals surface area contributed by atoms with Crippen LogP contribution in [0.25, 0.3) is 0 Å². The Hall–Kier alpha value is -1.22. The lowest BCUT2D eigenvalue weighted by Gasteiger charge is -2.23. The van der Waals surface area contributed by atoms with Gasteiger partial charge in [-0.1, -0.05) is 19.9 Å². The zero-order valence-corrected chi connectivity index (χ0v) is 11.5. The van der Waals surface area contributed by atoms with Gasteiger partial charge in [0.25, 0.3) is 0 Å². The Balaban J connectivity index is 2.75. The molecule has 1 rings (SSSR count). The molecule has 0 saturated heterocycles. The van der Waals surface area contributed by atoms with E-state index in [9.17, 15) is 0 Å². The van der Waals surface area contributed by atoms with Gasteiger partial charge < -0.3 is 15.0 Å². The lowest BCUT2D eigenvalue weighted by molar-refractivity contribution is 0.151. The van der Waals surface area contributed by atoms with E-state index in [1.54, 1.807) is 0 Å². The van der Waals surface area contributed by atoms with Crippen molar-refractivity contribution in [2.45, 2.75) is 20.0 Å². The van der Waals surface area contributed by atoms with Crippen LogP contribution in [0.15, 0.2) is 24.3 Å². The summed E-state index contributed by atoms with van der Waals surface area (Å²) in [5.74, 6) is 1.43. The summed E-state index contributed by atoms with van der Waals surface area (Å²) >= 11 is 0. The molecule has 96 valence electrons. The zero-order valence-electron chi connectivity index (χ0n) is 11.5. The first-order chi connectivity index (χ1) is 8.04. The maximum atomic E-state index is 6.02. The Morgan fingerprint density at radius 3 is 2.53 bits per heavy atom. The molecule has 3 heteroatoms. The van der Waals surface area contributed by atoms with Crippen LogP contribution in [-0.2, 0) is 0 Å². The maximum Gasteiger partial charge on any atom is 0.121 e. The number of hydrogen-bond acceptors (Lipinski definition) is 3. The van der Waals surface area contributed by atoms with Gasteiger partial charge in [-0.05, 0) is 25.1 Å². The molecular formula is C14H24N2O. The van der Waals surface area contributed by atoms with Gasteiger partial charge in [-0.2, -0.15) is 0 Å². The summed E-state index contributed by atoms with van der Waals surface area (Å²) in [5.41, 5.74) is 1.16. The van der Waals surface area contributed by atoms with Gasteiger partial charge in [0, 0.05) is 32.4 Å². The molecule has 0 amide bonds. The molecule has 0 heterocycles. The van der Waals surface area contributed by atoms with Crippen molar-refractivity contribution < 1.29 is 4.74 Å². The van der Waals surface area contributed by atoms with Gasteiger partial charge in [-0.3, -0.25) is 0 Å². The predicted molar refractivity (Wildman–Crippen MR) is 73.9 cm³/mol.